The molecule has 0 radical (unpaired) electrons. The molecule has 0 atom stereocenters. The Morgan fingerprint density at radius 1 is 1.19 bits per heavy atom. The minimum Gasteiger partial charge on any atom is -0.330 e. The average molecular weight is 238 g/mol. The Morgan fingerprint density at radius 3 is 2.62 bits per heavy atom. The van der Waals surface area contributed by atoms with Crippen molar-refractivity contribution in [2.75, 3.05) is 0 Å². The van der Waals surface area contributed by atoms with Gasteiger partial charge < -0.3 is 4.98 Å². The van der Waals surface area contributed by atoms with Crippen LogP contribution in [0.5, 0.6) is 0 Å². The fourth-order valence-corrected chi connectivity index (χ4v) is 1.55. The summed E-state index contributed by atoms with van der Waals surface area (Å²) in [6.45, 7) is 1.51. The minimum atomic E-state index is -0.878. The molecule has 0 amide bonds. The lowest BCUT2D eigenvalue weighted by Gasteiger charge is -2.05. The first-order valence-electron chi connectivity index (χ1n) is 4.60. The van der Waals surface area contributed by atoms with E-state index < -0.39 is 11.6 Å². The zero-order chi connectivity index (χ0) is 11.7. The third kappa shape index (κ3) is 1.86. The Labute approximate surface area is 96.0 Å². The number of hydrogen-bond donors (Lipinski definition) is 1. The zero-order valence-corrected chi connectivity index (χ0v) is 9.24. The molecule has 0 saturated carbocycles. The van der Waals surface area contributed by atoms with Crippen LogP contribution in [0.3, 0.4) is 0 Å². The van der Waals surface area contributed by atoms with Crippen LogP contribution in [-0.2, 0) is 0 Å². The van der Waals surface area contributed by atoms with Crippen LogP contribution in [0.4, 0.5) is 8.78 Å². The van der Waals surface area contributed by atoms with E-state index in [9.17, 15) is 8.78 Å². The SMILES string of the molecule is Cc1ccc(-c2ccnc(=S)[nH]2)c(F)c1F. The number of aryl methyl sites for hydroxylation is 1. The quantitative estimate of drug-likeness (QED) is 0.771. The Hall–Kier alpha value is -1.62. The van der Waals surface area contributed by atoms with Gasteiger partial charge in [0.1, 0.15) is 0 Å². The molecule has 1 heterocycles. The van der Waals surface area contributed by atoms with Crippen LogP contribution in [0.15, 0.2) is 24.4 Å². The Bertz CT molecular complexity index is 593. The van der Waals surface area contributed by atoms with Gasteiger partial charge in [0, 0.05) is 11.8 Å². The number of hydrogen-bond acceptors (Lipinski definition) is 2. The van der Waals surface area contributed by atoms with Crippen LogP contribution < -0.4 is 0 Å². The molecule has 0 bridgehead atoms. The highest BCUT2D eigenvalue weighted by molar-refractivity contribution is 7.71. The Morgan fingerprint density at radius 2 is 1.94 bits per heavy atom. The fraction of sp³-hybridized carbons (Fsp3) is 0.0909. The molecule has 2 aromatic rings. The molecule has 1 aromatic heterocycles. The van der Waals surface area contributed by atoms with E-state index in [1.54, 1.807) is 6.07 Å². The van der Waals surface area contributed by atoms with E-state index in [4.69, 9.17) is 12.2 Å². The number of benzene rings is 1. The van der Waals surface area contributed by atoms with Crippen molar-refractivity contribution in [3.05, 3.63) is 46.4 Å². The molecule has 0 unspecified atom stereocenters. The summed E-state index contributed by atoms with van der Waals surface area (Å²) in [5, 5.41) is 0. The highest BCUT2D eigenvalue weighted by Crippen LogP contribution is 2.23. The molecule has 82 valence electrons. The van der Waals surface area contributed by atoms with E-state index in [1.165, 1.54) is 25.3 Å². The van der Waals surface area contributed by atoms with Gasteiger partial charge in [-0.3, -0.25) is 0 Å². The second-order valence-corrected chi connectivity index (χ2v) is 3.73. The topological polar surface area (TPSA) is 28.7 Å². The van der Waals surface area contributed by atoms with Crippen molar-refractivity contribution in [1.82, 2.24) is 9.97 Å². The van der Waals surface area contributed by atoms with Crippen molar-refractivity contribution in [2.45, 2.75) is 6.92 Å². The predicted molar refractivity (Wildman–Crippen MR) is 59.5 cm³/mol. The van der Waals surface area contributed by atoms with E-state index in [0.717, 1.165) is 0 Å². The number of nitrogens with one attached hydrogen (secondary N) is 1. The second-order valence-electron chi connectivity index (χ2n) is 3.35. The molecular formula is C11H8F2N2S. The maximum Gasteiger partial charge on any atom is 0.197 e. The zero-order valence-electron chi connectivity index (χ0n) is 8.42. The molecule has 1 aromatic carbocycles. The van der Waals surface area contributed by atoms with Crippen LogP contribution in [0.1, 0.15) is 5.56 Å². The van der Waals surface area contributed by atoms with Crippen molar-refractivity contribution in [3.8, 4) is 11.3 Å². The monoisotopic (exact) mass is 238 g/mol. The van der Waals surface area contributed by atoms with E-state index >= 15 is 0 Å². The highest BCUT2D eigenvalue weighted by atomic mass is 32.1. The van der Waals surface area contributed by atoms with Crippen LogP contribution in [0, 0.1) is 23.3 Å². The molecular weight excluding hydrogens is 230 g/mol. The molecule has 2 rings (SSSR count). The second kappa shape index (κ2) is 4.09. The lowest BCUT2D eigenvalue weighted by molar-refractivity contribution is 0.505. The van der Waals surface area contributed by atoms with Crippen LogP contribution in [0.2, 0.25) is 0 Å². The Kier molecular flexibility index (Phi) is 2.78. The normalized spacial score (nSPS) is 10.4. The largest absolute Gasteiger partial charge is 0.330 e. The fourth-order valence-electron chi connectivity index (χ4n) is 1.38. The third-order valence-electron chi connectivity index (χ3n) is 2.24. The van der Waals surface area contributed by atoms with Gasteiger partial charge in [-0.15, -0.1) is 0 Å². The Balaban J connectivity index is 2.66. The number of H-pyrrole nitrogens is 1. The van der Waals surface area contributed by atoms with Gasteiger partial charge in [-0.05, 0) is 36.8 Å². The molecule has 16 heavy (non-hydrogen) atoms. The summed E-state index contributed by atoms with van der Waals surface area (Å²) < 4.78 is 27.2. The molecule has 0 aliphatic heterocycles. The van der Waals surface area contributed by atoms with Crippen molar-refractivity contribution >= 4 is 12.2 Å². The van der Waals surface area contributed by atoms with Crippen LogP contribution in [-0.4, -0.2) is 9.97 Å². The average Bonchev–Trinajstić information content (AvgIpc) is 2.26. The number of halogens is 2. The van der Waals surface area contributed by atoms with E-state index in [0.29, 0.717) is 5.69 Å². The van der Waals surface area contributed by atoms with Gasteiger partial charge in [-0.25, -0.2) is 13.8 Å². The summed E-state index contributed by atoms with van der Waals surface area (Å²) in [6.07, 6.45) is 1.45. The number of nitrogens with zero attached hydrogens (tertiary/aromatic N) is 1. The number of aromatic nitrogens is 2. The van der Waals surface area contributed by atoms with Gasteiger partial charge in [0.05, 0.1) is 5.69 Å². The van der Waals surface area contributed by atoms with Crippen molar-refractivity contribution in [1.29, 1.82) is 0 Å². The summed E-state index contributed by atoms with van der Waals surface area (Å²) in [6, 6.07) is 4.57. The highest BCUT2D eigenvalue weighted by Gasteiger charge is 2.12. The lowest BCUT2D eigenvalue weighted by Crippen LogP contribution is -1.95. The third-order valence-corrected chi connectivity index (χ3v) is 2.45. The van der Waals surface area contributed by atoms with E-state index in [1.807, 2.05) is 0 Å². The van der Waals surface area contributed by atoms with Crippen LogP contribution in [0.25, 0.3) is 11.3 Å². The van der Waals surface area contributed by atoms with Crippen molar-refractivity contribution in [2.24, 2.45) is 0 Å². The molecule has 0 fully saturated rings. The van der Waals surface area contributed by atoms with E-state index in [-0.39, 0.29) is 15.9 Å². The van der Waals surface area contributed by atoms with Gasteiger partial charge in [0.25, 0.3) is 0 Å². The van der Waals surface area contributed by atoms with Crippen molar-refractivity contribution < 1.29 is 8.78 Å². The minimum absolute atomic E-state index is 0.150. The van der Waals surface area contributed by atoms with Crippen molar-refractivity contribution in [3.63, 3.8) is 0 Å². The first-order valence-corrected chi connectivity index (χ1v) is 5.00. The summed E-state index contributed by atoms with van der Waals surface area (Å²) in [4.78, 5) is 6.49. The lowest BCUT2D eigenvalue weighted by atomic mass is 10.1. The summed E-state index contributed by atoms with van der Waals surface area (Å²) in [5.74, 6) is -1.72. The first-order chi connectivity index (χ1) is 7.59. The smallest absolute Gasteiger partial charge is 0.197 e. The number of rotatable bonds is 1. The summed E-state index contributed by atoms with van der Waals surface area (Å²) in [7, 11) is 0. The summed E-state index contributed by atoms with van der Waals surface area (Å²) in [5.41, 5.74) is 0.835. The van der Waals surface area contributed by atoms with E-state index in [2.05, 4.69) is 9.97 Å². The summed E-state index contributed by atoms with van der Waals surface area (Å²) >= 11 is 4.82. The molecule has 2 nitrogen and oxygen atoms in total. The van der Waals surface area contributed by atoms with Gasteiger partial charge in [0.2, 0.25) is 0 Å². The van der Waals surface area contributed by atoms with Gasteiger partial charge in [0.15, 0.2) is 16.4 Å². The van der Waals surface area contributed by atoms with Crippen LogP contribution >= 0.6 is 12.2 Å². The predicted octanol–water partition coefficient (Wildman–Crippen LogP) is 3.39. The number of aromatic amines is 1. The first kappa shape index (κ1) is 10.9. The molecule has 0 saturated heterocycles. The standard InChI is InChI=1S/C11H8F2N2S/c1-6-2-3-7(10(13)9(6)12)8-4-5-14-11(16)15-8/h2-5H,1H3,(H,14,15,16). The van der Waals surface area contributed by atoms with Gasteiger partial charge >= 0.3 is 0 Å². The molecule has 0 aliphatic rings. The molecule has 0 spiro atoms. The molecule has 1 N–H and O–H groups in total. The van der Waals surface area contributed by atoms with Gasteiger partial charge in [-0.2, -0.15) is 0 Å². The molecule has 5 heteroatoms. The maximum atomic E-state index is 13.6. The molecule has 0 aliphatic carbocycles. The maximum absolute atomic E-state index is 13.6. The van der Waals surface area contributed by atoms with Gasteiger partial charge in [-0.1, -0.05) is 6.07 Å².